The lowest BCUT2D eigenvalue weighted by molar-refractivity contribution is 0.0897. The maximum absolute atomic E-state index is 14.0. The number of carbonyl (C=O) groups is 1. The average molecular weight is 434 g/mol. The maximum Gasteiger partial charge on any atom is 0.254 e. The minimum atomic E-state index is -1.00. The van der Waals surface area contributed by atoms with Crippen LogP contribution >= 0.6 is 23.2 Å². The van der Waals surface area contributed by atoms with Crippen molar-refractivity contribution < 1.29 is 18.8 Å². The molecule has 1 amide bonds. The second-order valence-corrected chi connectivity index (χ2v) is 7.29. The summed E-state index contributed by atoms with van der Waals surface area (Å²) in [4.78, 5) is 16.7. The van der Waals surface area contributed by atoms with E-state index in [0.717, 1.165) is 22.8 Å². The van der Waals surface area contributed by atoms with E-state index >= 15 is 0 Å². The highest BCUT2D eigenvalue weighted by Crippen LogP contribution is 2.33. The van der Waals surface area contributed by atoms with Crippen molar-refractivity contribution in [1.29, 1.82) is 0 Å². The van der Waals surface area contributed by atoms with Crippen LogP contribution < -0.4 is 5.32 Å². The molecule has 4 rings (SSSR count). The van der Waals surface area contributed by atoms with Gasteiger partial charge < -0.3 is 14.9 Å². The molecule has 1 aliphatic rings. The molecule has 0 spiro atoms. The summed E-state index contributed by atoms with van der Waals surface area (Å²) in [5, 5.41) is 16.9. The quantitative estimate of drug-likeness (QED) is 0.635. The molecule has 1 aliphatic carbocycles. The third kappa shape index (κ3) is 3.89. The van der Waals surface area contributed by atoms with E-state index in [4.69, 9.17) is 27.7 Å². The summed E-state index contributed by atoms with van der Waals surface area (Å²) in [7, 11) is 0. The highest BCUT2D eigenvalue weighted by Gasteiger charge is 2.25. The van der Waals surface area contributed by atoms with Crippen molar-refractivity contribution in [3.63, 3.8) is 0 Å². The van der Waals surface area contributed by atoms with Crippen molar-refractivity contribution in [3.05, 3.63) is 86.7 Å². The Balaban J connectivity index is 1.55. The summed E-state index contributed by atoms with van der Waals surface area (Å²) in [6.45, 7) is -0.510. The van der Waals surface area contributed by atoms with Gasteiger partial charge >= 0.3 is 0 Å². The number of aliphatic hydroxyl groups is 1. The first-order valence-electron chi connectivity index (χ1n) is 8.66. The van der Waals surface area contributed by atoms with Crippen molar-refractivity contribution in [2.24, 2.45) is 0 Å². The topological polar surface area (TPSA) is 88.2 Å². The molecule has 1 heterocycles. The number of hydrogen-bond acceptors (Lipinski definition) is 5. The first-order chi connectivity index (χ1) is 14.0. The number of aliphatic hydroxyl groups excluding tert-OH is 1. The number of nitrogens with one attached hydrogen (secondary N) is 1. The lowest BCUT2D eigenvalue weighted by Crippen LogP contribution is -2.31. The monoisotopic (exact) mass is 433 g/mol. The molecule has 1 atom stereocenters. The van der Waals surface area contributed by atoms with E-state index in [1.165, 1.54) is 12.1 Å². The van der Waals surface area contributed by atoms with Crippen molar-refractivity contribution in [2.45, 2.75) is 12.5 Å². The Morgan fingerprint density at radius 2 is 2.00 bits per heavy atom. The van der Waals surface area contributed by atoms with Crippen LogP contribution in [0.4, 0.5) is 4.39 Å². The molecule has 1 aromatic heterocycles. The summed E-state index contributed by atoms with van der Waals surface area (Å²) in [5.41, 5.74) is 2.53. The van der Waals surface area contributed by atoms with E-state index in [-0.39, 0.29) is 16.5 Å². The van der Waals surface area contributed by atoms with Gasteiger partial charge in [-0.3, -0.25) is 4.79 Å². The van der Waals surface area contributed by atoms with Gasteiger partial charge in [0.15, 0.2) is 0 Å². The molecular formula is C20H14Cl2FN3O3. The first-order valence-corrected chi connectivity index (χ1v) is 9.41. The summed E-state index contributed by atoms with van der Waals surface area (Å²) in [5.74, 6) is -1.20. The lowest BCUT2D eigenvalue weighted by atomic mass is 10.1. The molecule has 29 heavy (non-hydrogen) atoms. The SMILES string of the molecule is O=C(N[C@@H](CO)c1nc(C2=CCc3ccc(Cl)cc32)no1)c1ccc(Cl)cc1F. The third-order valence-corrected chi connectivity index (χ3v) is 5.00. The number of halogens is 3. The van der Waals surface area contributed by atoms with Crippen LogP contribution in [0.2, 0.25) is 10.0 Å². The number of fused-ring (bicyclic) bond motifs is 1. The second kappa shape index (κ2) is 7.94. The molecule has 2 aromatic carbocycles. The normalized spacial score (nSPS) is 13.7. The Bertz CT molecular complexity index is 1130. The van der Waals surface area contributed by atoms with Crippen molar-refractivity contribution >= 4 is 34.7 Å². The molecule has 0 aliphatic heterocycles. The van der Waals surface area contributed by atoms with Gasteiger partial charge in [-0.05, 0) is 47.9 Å². The van der Waals surface area contributed by atoms with Gasteiger partial charge in [-0.25, -0.2) is 4.39 Å². The zero-order chi connectivity index (χ0) is 20.5. The molecule has 0 bridgehead atoms. The standard InChI is InChI=1S/C20H14Cl2FN3O3/c21-11-3-1-10-2-5-13(15(10)7-11)18-25-20(29-26-18)17(9-27)24-19(28)14-6-4-12(22)8-16(14)23/h1,3-8,17,27H,2,9H2,(H,24,28)/t17-/m0/s1. The van der Waals surface area contributed by atoms with Crippen LogP contribution in [0, 0.1) is 5.82 Å². The Morgan fingerprint density at radius 1 is 1.24 bits per heavy atom. The Kier molecular flexibility index (Phi) is 5.36. The minimum Gasteiger partial charge on any atom is -0.394 e. The van der Waals surface area contributed by atoms with Crippen LogP contribution in [0.3, 0.4) is 0 Å². The van der Waals surface area contributed by atoms with Crippen molar-refractivity contribution in [1.82, 2.24) is 15.5 Å². The Labute approximate surface area is 175 Å². The van der Waals surface area contributed by atoms with E-state index in [9.17, 15) is 14.3 Å². The van der Waals surface area contributed by atoms with Gasteiger partial charge in [0.05, 0.1) is 12.2 Å². The second-order valence-electron chi connectivity index (χ2n) is 6.41. The van der Waals surface area contributed by atoms with Gasteiger partial charge in [0.25, 0.3) is 11.8 Å². The molecule has 3 aromatic rings. The van der Waals surface area contributed by atoms with Crippen LogP contribution in [0.5, 0.6) is 0 Å². The van der Waals surface area contributed by atoms with E-state index in [1.54, 1.807) is 0 Å². The summed E-state index contributed by atoms with van der Waals surface area (Å²) in [6.07, 6.45) is 2.66. The molecular weight excluding hydrogens is 420 g/mol. The Morgan fingerprint density at radius 3 is 2.76 bits per heavy atom. The molecule has 0 radical (unpaired) electrons. The molecule has 148 valence electrons. The maximum atomic E-state index is 14.0. The van der Waals surface area contributed by atoms with Crippen LogP contribution in [0.25, 0.3) is 5.57 Å². The number of benzene rings is 2. The van der Waals surface area contributed by atoms with Crippen LogP contribution in [0.15, 0.2) is 47.0 Å². The lowest BCUT2D eigenvalue weighted by Gasteiger charge is -2.12. The van der Waals surface area contributed by atoms with Gasteiger partial charge in [0, 0.05) is 15.6 Å². The number of allylic oxidation sites excluding steroid dienone is 1. The average Bonchev–Trinajstić information content (AvgIpc) is 3.32. The van der Waals surface area contributed by atoms with Gasteiger partial charge in [-0.15, -0.1) is 0 Å². The van der Waals surface area contributed by atoms with Crippen LogP contribution in [-0.4, -0.2) is 27.8 Å². The van der Waals surface area contributed by atoms with E-state index in [0.29, 0.717) is 17.3 Å². The largest absolute Gasteiger partial charge is 0.394 e. The summed E-state index contributed by atoms with van der Waals surface area (Å²) < 4.78 is 19.2. The van der Waals surface area contributed by atoms with Gasteiger partial charge in [-0.1, -0.05) is 40.5 Å². The third-order valence-electron chi connectivity index (χ3n) is 4.53. The molecule has 9 heteroatoms. The molecule has 0 fully saturated rings. The van der Waals surface area contributed by atoms with Crippen LogP contribution in [-0.2, 0) is 6.42 Å². The fraction of sp³-hybridized carbons (Fsp3) is 0.150. The number of aromatic nitrogens is 2. The summed E-state index contributed by atoms with van der Waals surface area (Å²) in [6, 6.07) is 8.24. The highest BCUT2D eigenvalue weighted by atomic mass is 35.5. The van der Waals surface area contributed by atoms with E-state index < -0.39 is 24.4 Å². The van der Waals surface area contributed by atoms with E-state index in [2.05, 4.69) is 15.5 Å². The highest BCUT2D eigenvalue weighted by molar-refractivity contribution is 6.31. The predicted octanol–water partition coefficient (Wildman–Crippen LogP) is 3.97. The van der Waals surface area contributed by atoms with Gasteiger partial charge in [-0.2, -0.15) is 4.98 Å². The number of hydrogen-bond donors (Lipinski definition) is 2. The molecule has 0 unspecified atom stereocenters. The number of nitrogens with zero attached hydrogens (tertiary/aromatic N) is 2. The molecule has 0 saturated heterocycles. The number of amides is 1. The smallest absolute Gasteiger partial charge is 0.254 e. The zero-order valence-corrected chi connectivity index (χ0v) is 16.3. The fourth-order valence-corrected chi connectivity index (χ4v) is 3.42. The summed E-state index contributed by atoms with van der Waals surface area (Å²) >= 11 is 11.8. The van der Waals surface area contributed by atoms with Crippen LogP contribution in [0.1, 0.15) is 39.2 Å². The first kappa shape index (κ1) is 19.6. The molecule has 0 saturated carbocycles. The van der Waals surface area contributed by atoms with Crippen molar-refractivity contribution in [2.75, 3.05) is 6.61 Å². The van der Waals surface area contributed by atoms with Gasteiger partial charge in [0.2, 0.25) is 5.82 Å². The predicted molar refractivity (Wildman–Crippen MR) is 105 cm³/mol. The number of rotatable bonds is 5. The minimum absolute atomic E-state index is 0.00148. The van der Waals surface area contributed by atoms with Crippen molar-refractivity contribution in [3.8, 4) is 0 Å². The van der Waals surface area contributed by atoms with E-state index in [1.807, 2.05) is 24.3 Å². The van der Waals surface area contributed by atoms with Gasteiger partial charge in [0.1, 0.15) is 11.9 Å². The Hall–Kier alpha value is -2.74. The molecule has 2 N–H and O–H groups in total. The fourth-order valence-electron chi connectivity index (χ4n) is 3.09. The zero-order valence-electron chi connectivity index (χ0n) is 14.8. The number of carbonyl (C=O) groups excluding carboxylic acids is 1. The molecule has 6 nitrogen and oxygen atoms in total.